The van der Waals surface area contributed by atoms with E-state index >= 15 is 0 Å². The van der Waals surface area contributed by atoms with Crippen molar-refractivity contribution < 1.29 is 9.21 Å². The Morgan fingerprint density at radius 1 is 0.903 bits per heavy atom. The minimum absolute atomic E-state index is 0.111. The van der Waals surface area contributed by atoms with E-state index in [0.717, 1.165) is 28.0 Å². The van der Waals surface area contributed by atoms with Crippen molar-refractivity contribution in [3.8, 4) is 17.1 Å². The second kappa shape index (κ2) is 8.23. The van der Waals surface area contributed by atoms with E-state index in [1.807, 2.05) is 83.4 Å². The number of hydrogen-bond donors (Lipinski definition) is 1. The third kappa shape index (κ3) is 4.06. The smallest absolute Gasteiger partial charge is 0.247 e. The summed E-state index contributed by atoms with van der Waals surface area (Å²) in [5.74, 6) is 0.787. The van der Waals surface area contributed by atoms with Gasteiger partial charge in [0.05, 0.1) is 11.0 Å². The summed E-state index contributed by atoms with van der Waals surface area (Å²) in [4.78, 5) is 16.7. The van der Waals surface area contributed by atoms with Gasteiger partial charge < -0.3 is 9.73 Å². The summed E-state index contributed by atoms with van der Waals surface area (Å²) in [5.41, 5.74) is 4.54. The van der Waals surface area contributed by atoms with Crippen LogP contribution < -0.4 is 5.32 Å². The Morgan fingerprint density at radius 3 is 2.52 bits per heavy atom. The number of aryl methyl sites for hydroxylation is 1. The van der Waals surface area contributed by atoms with Crippen molar-refractivity contribution in [2.75, 3.05) is 5.32 Å². The maximum Gasteiger partial charge on any atom is 0.247 e. The highest BCUT2D eigenvalue weighted by Gasteiger charge is 2.11. The summed E-state index contributed by atoms with van der Waals surface area (Å²) in [6.45, 7) is 0. The fraction of sp³-hybridized carbons (Fsp3) is 0.0833. The van der Waals surface area contributed by atoms with Gasteiger partial charge in [-0.25, -0.2) is 4.98 Å². The maximum absolute atomic E-state index is 12.3. The number of amides is 1. The van der Waals surface area contributed by atoms with Gasteiger partial charge in [-0.3, -0.25) is 9.36 Å². The van der Waals surface area contributed by atoms with Gasteiger partial charge in [0, 0.05) is 29.8 Å². The number of anilines is 1. The van der Waals surface area contributed by atoms with E-state index in [1.165, 1.54) is 0 Å². The molecule has 2 heterocycles. The van der Waals surface area contributed by atoms with Crippen LogP contribution in [-0.2, 0) is 11.2 Å². The number of aromatic nitrogens is 4. The first-order chi connectivity index (χ1) is 15.3. The lowest BCUT2D eigenvalue weighted by atomic mass is 10.2. The van der Waals surface area contributed by atoms with Crippen LogP contribution in [0.3, 0.4) is 0 Å². The molecule has 1 N–H and O–H groups in total. The molecule has 0 aliphatic rings. The van der Waals surface area contributed by atoms with Gasteiger partial charge in [-0.05, 0) is 48.5 Å². The molecule has 1 amide bonds. The third-order valence-corrected chi connectivity index (χ3v) is 4.94. The Bertz CT molecular complexity index is 1320. The molecular formula is C24H19N5O2. The highest BCUT2D eigenvalue weighted by molar-refractivity contribution is 5.91. The average molecular weight is 409 g/mol. The highest BCUT2D eigenvalue weighted by atomic mass is 16.4. The van der Waals surface area contributed by atoms with E-state index in [1.54, 1.807) is 6.33 Å². The molecule has 0 saturated carbocycles. The van der Waals surface area contributed by atoms with E-state index in [9.17, 15) is 4.79 Å². The first-order valence-electron chi connectivity index (χ1n) is 9.96. The van der Waals surface area contributed by atoms with Crippen LogP contribution >= 0.6 is 0 Å². The van der Waals surface area contributed by atoms with Crippen molar-refractivity contribution in [1.29, 1.82) is 0 Å². The predicted molar refractivity (Wildman–Crippen MR) is 118 cm³/mol. The SMILES string of the molecule is O=C(CCc1nnc(-c2ccccc2)o1)Nc1ccc(-n2cnc3ccccc32)cc1. The maximum atomic E-state index is 12.3. The number of carbonyl (C=O) groups is 1. The van der Waals surface area contributed by atoms with Crippen LogP contribution in [0, 0.1) is 0 Å². The van der Waals surface area contributed by atoms with Crippen molar-refractivity contribution in [2.45, 2.75) is 12.8 Å². The number of imidazole rings is 1. The van der Waals surface area contributed by atoms with Gasteiger partial charge in [0.25, 0.3) is 0 Å². The van der Waals surface area contributed by atoms with Crippen LogP contribution in [0.25, 0.3) is 28.2 Å². The molecule has 152 valence electrons. The monoisotopic (exact) mass is 409 g/mol. The molecule has 7 nitrogen and oxygen atoms in total. The molecule has 0 spiro atoms. The minimum atomic E-state index is -0.111. The van der Waals surface area contributed by atoms with E-state index in [4.69, 9.17) is 4.42 Å². The van der Waals surface area contributed by atoms with Crippen LogP contribution in [0.4, 0.5) is 5.69 Å². The molecule has 0 aliphatic heterocycles. The van der Waals surface area contributed by atoms with Crippen LogP contribution in [0.1, 0.15) is 12.3 Å². The second-order valence-electron chi connectivity index (χ2n) is 7.07. The van der Waals surface area contributed by atoms with Crippen LogP contribution in [0.2, 0.25) is 0 Å². The van der Waals surface area contributed by atoms with Crippen molar-refractivity contribution in [1.82, 2.24) is 19.7 Å². The van der Waals surface area contributed by atoms with Gasteiger partial charge in [0.15, 0.2) is 0 Å². The number of benzene rings is 3. The van der Waals surface area contributed by atoms with Gasteiger partial charge in [-0.2, -0.15) is 0 Å². The third-order valence-electron chi connectivity index (χ3n) is 4.94. The lowest BCUT2D eigenvalue weighted by Gasteiger charge is -2.07. The number of nitrogens with zero attached hydrogens (tertiary/aromatic N) is 4. The van der Waals surface area contributed by atoms with Crippen molar-refractivity contribution in [2.24, 2.45) is 0 Å². The highest BCUT2D eigenvalue weighted by Crippen LogP contribution is 2.20. The number of rotatable bonds is 6. The summed E-state index contributed by atoms with van der Waals surface area (Å²) in [6, 6.07) is 25.2. The fourth-order valence-corrected chi connectivity index (χ4v) is 3.37. The Balaban J connectivity index is 1.20. The van der Waals surface area contributed by atoms with Crippen LogP contribution in [0.15, 0.2) is 89.6 Å². The summed E-state index contributed by atoms with van der Waals surface area (Å²) >= 11 is 0. The number of fused-ring (bicyclic) bond motifs is 1. The first kappa shape index (κ1) is 18.7. The summed E-state index contributed by atoms with van der Waals surface area (Å²) in [6.07, 6.45) is 2.43. The lowest BCUT2D eigenvalue weighted by molar-refractivity contribution is -0.116. The normalized spacial score (nSPS) is 11.0. The molecule has 0 atom stereocenters. The number of hydrogen-bond acceptors (Lipinski definition) is 5. The molecule has 0 unspecified atom stereocenters. The summed E-state index contributed by atoms with van der Waals surface area (Å²) in [5, 5.41) is 11.0. The molecule has 5 rings (SSSR count). The molecule has 3 aromatic carbocycles. The standard InChI is InChI=1S/C24H19N5O2/c30-22(14-15-23-27-28-24(31-23)17-6-2-1-3-7-17)26-18-10-12-19(13-11-18)29-16-25-20-8-4-5-9-21(20)29/h1-13,16H,14-15H2,(H,26,30). The lowest BCUT2D eigenvalue weighted by Crippen LogP contribution is -2.12. The zero-order chi connectivity index (χ0) is 21.0. The van der Waals surface area contributed by atoms with Gasteiger partial charge in [0.1, 0.15) is 6.33 Å². The molecule has 0 fully saturated rings. The largest absolute Gasteiger partial charge is 0.421 e. The quantitative estimate of drug-likeness (QED) is 0.441. The molecule has 0 saturated heterocycles. The molecule has 7 heteroatoms. The molecule has 5 aromatic rings. The number of nitrogens with one attached hydrogen (secondary N) is 1. The molecule has 31 heavy (non-hydrogen) atoms. The van der Waals surface area contributed by atoms with Gasteiger partial charge in [-0.15, -0.1) is 10.2 Å². The Labute approximate surface area is 178 Å². The Kier molecular flexibility index (Phi) is 4.98. The molecule has 0 bridgehead atoms. The van der Waals surface area contributed by atoms with Gasteiger partial charge >= 0.3 is 0 Å². The summed E-state index contributed by atoms with van der Waals surface area (Å²) < 4.78 is 7.67. The van der Waals surface area contributed by atoms with Gasteiger partial charge in [0.2, 0.25) is 17.7 Å². The van der Waals surface area contributed by atoms with Gasteiger partial charge in [-0.1, -0.05) is 30.3 Å². The molecule has 0 radical (unpaired) electrons. The molecule has 0 aliphatic carbocycles. The molecule has 2 aromatic heterocycles. The predicted octanol–water partition coefficient (Wildman–Crippen LogP) is 4.65. The Morgan fingerprint density at radius 2 is 1.68 bits per heavy atom. The fourth-order valence-electron chi connectivity index (χ4n) is 3.37. The van der Waals surface area contributed by atoms with Crippen molar-refractivity contribution in [3.05, 3.63) is 91.1 Å². The van der Waals surface area contributed by atoms with Crippen LogP contribution in [0.5, 0.6) is 0 Å². The van der Waals surface area contributed by atoms with E-state index < -0.39 is 0 Å². The first-order valence-corrected chi connectivity index (χ1v) is 9.96. The Hall–Kier alpha value is -4.26. The van der Waals surface area contributed by atoms with Crippen molar-refractivity contribution >= 4 is 22.6 Å². The van der Waals surface area contributed by atoms with Crippen LogP contribution in [-0.4, -0.2) is 25.7 Å². The van der Waals surface area contributed by atoms with E-state index in [0.29, 0.717) is 18.2 Å². The second-order valence-corrected chi connectivity index (χ2v) is 7.07. The zero-order valence-electron chi connectivity index (χ0n) is 16.6. The minimum Gasteiger partial charge on any atom is -0.421 e. The summed E-state index contributed by atoms with van der Waals surface area (Å²) in [7, 11) is 0. The van der Waals surface area contributed by atoms with E-state index in [-0.39, 0.29) is 12.3 Å². The van der Waals surface area contributed by atoms with Crippen molar-refractivity contribution in [3.63, 3.8) is 0 Å². The molecular weight excluding hydrogens is 390 g/mol. The number of carbonyl (C=O) groups excluding carboxylic acids is 1. The van der Waals surface area contributed by atoms with E-state index in [2.05, 4.69) is 20.5 Å². The zero-order valence-corrected chi connectivity index (χ0v) is 16.6. The average Bonchev–Trinajstić information content (AvgIpc) is 3.46. The number of para-hydroxylation sites is 2. The topological polar surface area (TPSA) is 85.8 Å².